The van der Waals surface area contributed by atoms with Gasteiger partial charge in [-0.25, -0.2) is 0 Å². The van der Waals surface area contributed by atoms with Crippen LogP contribution in [0.15, 0.2) is 82.4 Å². The Bertz CT molecular complexity index is 1930. The van der Waals surface area contributed by atoms with Gasteiger partial charge in [-0.2, -0.15) is 0 Å². The Labute approximate surface area is 366 Å². The molecule has 0 spiro atoms. The zero-order valence-electron chi connectivity index (χ0n) is 37.0. The minimum Gasteiger partial charge on any atom is -0.488 e. The van der Waals surface area contributed by atoms with Gasteiger partial charge in [-0.1, -0.05) is 24.3 Å². The van der Waals surface area contributed by atoms with E-state index < -0.39 is 0 Å². The number of rotatable bonds is 16. The summed E-state index contributed by atoms with van der Waals surface area (Å²) < 4.78 is 32.9. The first kappa shape index (κ1) is 45.0. The van der Waals surface area contributed by atoms with Gasteiger partial charge in [0.15, 0.2) is 0 Å². The number of methoxy groups -OCH3 is 2. The molecule has 14 nitrogen and oxygen atoms in total. The van der Waals surface area contributed by atoms with Crippen molar-refractivity contribution in [1.29, 1.82) is 0 Å². The van der Waals surface area contributed by atoms with Crippen LogP contribution >= 0.6 is 0 Å². The van der Waals surface area contributed by atoms with Crippen LogP contribution in [0.1, 0.15) is 50.7 Å². The van der Waals surface area contributed by atoms with Crippen molar-refractivity contribution in [1.82, 2.24) is 9.97 Å². The zero-order chi connectivity index (χ0) is 43.3. The molecule has 2 aromatic heterocycles. The molecule has 4 aliphatic heterocycles. The molecule has 4 aliphatic rings. The summed E-state index contributed by atoms with van der Waals surface area (Å²) in [6.45, 7) is 13.2. The lowest BCUT2D eigenvalue weighted by molar-refractivity contribution is 0.0920. The van der Waals surface area contributed by atoms with Gasteiger partial charge in [0.25, 0.3) is 11.1 Å². The molecule has 0 saturated carbocycles. The van der Waals surface area contributed by atoms with Crippen LogP contribution in [0.3, 0.4) is 0 Å². The molecule has 4 atom stereocenters. The topological polar surface area (TPSA) is 134 Å². The molecule has 6 heterocycles. The molecule has 4 saturated heterocycles. The van der Waals surface area contributed by atoms with Crippen molar-refractivity contribution in [2.45, 2.75) is 76.7 Å². The fourth-order valence-electron chi connectivity index (χ4n) is 9.03. The summed E-state index contributed by atoms with van der Waals surface area (Å²) in [5.74, 6) is 3.56. The van der Waals surface area contributed by atoms with Gasteiger partial charge in [0, 0.05) is 101 Å². The van der Waals surface area contributed by atoms with Crippen molar-refractivity contribution in [3.63, 3.8) is 0 Å². The number of hydrogen-bond donors (Lipinski definition) is 2. The van der Waals surface area contributed by atoms with Crippen LogP contribution in [0.4, 0.5) is 23.0 Å². The van der Waals surface area contributed by atoms with Crippen molar-refractivity contribution in [2.24, 2.45) is 0 Å². The molecule has 2 N–H and O–H groups in total. The number of morpholine rings is 2. The zero-order valence-corrected chi connectivity index (χ0v) is 37.0. The van der Waals surface area contributed by atoms with Crippen LogP contribution in [0.2, 0.25) is 0 Å². The minimum absolute atomic E-state index is 0.0248. The number of hydrogen-bond acceptors (Lipinski definition) is 12. The number of pyridine rings is 2. The second kappa shape index (κ2) is 22.4. The van der Waals surface area contributed by atoms with E-state index >= 15 is 0 Å². The minimum atomic E-state index is -0.0451. The van der Waals surface area contributed by atoms with Gasteiger partial charge in [-0.3, -0.25) is 9.59 Å². The smallest absolute Gasteiger partial charge is 0.251 e. The number of ether oxygens (including phenoxy) is 6. The number of nitrogens with zero attached hydrogens (tertiary/aromatic N) is 4. The fourth-order valence-corrected chi connectivity index (χ4v) is 9.03. The highest BCUT2D eigenvalue weighted by molar-refractivity contribution is 5.57. The molecule has 0 radical (unpaired) electrons. The number of anilines is 4. The lowest BCUT2D eigenvalue weighted by Crippen LogP contribution is -2.37. The van der Waals surface area contributed by atoms with E-state index in [0.717, 1.165) is 112 Å². The predicted octanol–water partition coefficient (Wildman–Crippen LogP) is 5.67. The molecule has 4 aromatic rings. The highest BCUT2D eigenvalue weighted by Crippen LogP contribution is 2.31. The molecular weight excluding hydrogens is 789 g/mol. The number of aromatic nitrogens is 2. The van der Waals surface area contributed by atoms with Crippen molar-refractivity contribution in [3.05, 3.63) is 105 Å². The van der Waals surface area contributed by atoms with Gasteiger partial charge in [0.2, 0.25) is 0 Å². The maximum atomic E-state index is 12.4. The Balaban J connectivity index is 0.000000186. The summed E-state index contributed by atoms with van der Waals surface area (Å²) in [6, 6.07) is 25.1. The van der Waals surface area contributed by atoms with Gasteiger partial charge in [0.05, 0.1) is 39.6 Å². The lowest BCUT2D eigenvalue weighted by atomic mass is 10.0. The molecule has 62 heavy (non-hydrogen) atoms. The van der Waals surface area contributed by atoms with Crippen LogP contribution in [-0.4, -0.2) is 127 Å². The maximum absolute atomic E-state index is 12.4. The van der Waals surface area contributed by atoms with Crippen molar-refractivity contribution < 1.29 is 28.4 Å². The molecule has 0 aliphatic carbocycles. The van der Waals surface area contributed by atoms with Crippen LogP contribution in [-0.2, 0) is 31.8 Å². The molecule has 0 unspecified atom stereocenters. The van der Waals surface area contributed by atoms with E-state index in [4.69, 9.17) is 28.4 Å². The van der Waals surface area contributed by atoms with Crippen molar-refractivity contribution in [2.75, 3.05) is 113 Å². The van der Waals surface area contributed by atoms with Crippen LogP contribution in [0.25, 0.3) is 0 Å². The van der Waals surface area contributed by atoms with Crippen LogP contribution in [0.5, 0.6) is 11.5 Å². The Morgan fingerprint density at radius 2 is 0.968 bits per heavy atom. The fraction of sp³-hybridized carbons (Fsp3) is 0.542. The van der Waals surface area contributed by atoms with E-state index in [9.17, 15) is 9.59 Å². The van der Waals surface area contributed by atoms with E-state index in [1.54, 1.807) is 26.4 Å². The molecule has 0 amide bonds. The Hall–Kier alpha value is -5.02. The van der Waals surface area contributed by atoms with Gasteiger partial charge in [-0.05, 0) is 87.8 Å². The highest BCUT2D eigenvalue weighted by atomic mass is 16.5. The van der Waals surface area contributed by atoms with Crippen molar-refractivity contribution in [3.8, 4) is 11.5 Å². The molecule has 0 bridgehead atoms. The highest BCUT2D eigenvalue weighted by Gasteiger charge is 2.28. The Kier molecular flexibility index (Phi) is 16.2. The molecule has 14 heteroatoms. The SMILES string of the molecule is COC[C@@H](C)Oc1ccc(C[C@@H]2CCCN2c2cc(N3CCOCC3)cc(=O)[nH]2)cc1.COC[C@@H](C)Oc1ccc(C[C@H]2CCCN2c2cc(N3CCOCC3)cc(=O)[nH]2)cc1. The molecule has 2 aromatic carbocycles. The quantitative estimate of drug-likeness (QED) is 0.144. The number of nitrogens with one attached hydrogen (secondary N) is 2. The van der Waals surface area contributed by atoms with Gasteiger partial charge < -0.3 is 58.0 Å². The molecule has 4 fully saturated rings. The Morgan fingerprint density at radius 1 is 0.581 bits per heavy atom. The lowest BCUT2D eigenvalue weighted by Gasteiger charge is -2.31. The molecule has 8 rings (SSSR count). The first-order valence-corrected chi connectivity index (χ1v) is 22.4. The van der Waals surface area contributed by atoms with E-state index in [-0.39, 0.29) is 23.3 Å². The maximum Gasteiger partial charge on any atom is 0.251 e. The second-order valence-electron chi connectivity index (χ2n) is 16.8. The number of aromatic amines is 2. The predicted molar refractivity (Wildman–Crippen MR) is 245 cm³/mol. The van der Waals surface area contributed by atoms with Gasteiger partial charge >= 0.3 is 0 Å². The first-order chi connectivity index (χ1) is 30.2. The third kappa shape index (κ3) is 12.6. The molecular formula is C48H66N6O8. The third-order valence-electron chi connectivity index (χ3n) is 12.0. The summed E-state index contributed by atoms with van der Waals surface area (Å²) in [5, 5.41) is 0. The summed E-state index contributed by atoms with van der Waals surface area (Å²) >= 11 is 0. The van der Waals surface area contributed by atoms with Crippen LogP contribution < -0.4 is 40.2 Å². The van der Waals surface area contributed by atoms with Crippen molar-refractivity contribution >= 4 is 23.0 Å². The average molecular weight is 855 g/mol. The van der Waals surface area contributed by atoms with E-state index in [2.05, 4.69) is 66.0 Å². The largest absolute Gasteiger partial charge is 0.488 e. The summed E-state index contributed by atoms with van der Waals surface area (Å²) in [7, 11) is 3.36. The van der Waals surface area contributed by atoms with E-state index in [1.807, 2.05) is 38.1 Å². The second-order valence-corrected chi connectivity index (χ2v) is 16.8. The average Bonchev–Trinajstić information content (AvgIpc) is 3.95. The number of H-pyrrole nitrogens is 2. The van der Waals surface area contributed by atoms with E-state index in [0.29, 0.717) is 51.7 Å². The number of benzene rings is 2. The monoisotopic (exact) mass is 854 g/mol. The standard InChI is InChI=1S/2C24H33N3O4/c2*1-18(17-29-2)31-22-7-5-19(6-8-22)14-20-4-3-9-27(20)23-15-21(16-24(28)25-23)26-10-12-30-13-11-26/h2*5-8,15-16,18,20H,3-4,9-14,17H2,1-2H3,(H,25,28)/t18-,20+;18-,20-/m11/s1. The van der Waals surface area contributed by atoms with Gasteiger partial charge in [-0.15, -0.1) is 0 Å². The normalized spacial score (nSPS) is 20.1. The first-order valence-electron chi connectivity index (χ1n) is 22.4. The Morgan fingerprint density at radius 3 is 1.34 bits per heavy atom. The van der Waals surface area contributed by atoms with Crippen LogP contribution in [0, 0.1) is 0 Å². The summed E-state index contributed by atoms with van der Waals surface area (Å²) in [5.41, 5.74) is 4.43. The summed E-state index contributed by atoms with van der Waals surface area (Å²) in [4.78, 5) is 40.1. The third-order valence-corrected chi connectivity index (χ3v) is 12.0. The summed E-state index contributed by atoms with van der Waals surface area (Å²) in [6.07, 6.45) is 6.43. The van der Waals surface area contributed by atoms with Gasteiger partial charge in [0.1, 0.15) is 35.3 Å². The molecule has 336 valence electrons. The van der Waals surface area contributed by atoms with E-state index in [1.165, 1.54) is 11.1 Å².